The largest absolute Gasteiger partial charge is 0.466 e. The standard InChI is InChI=1S/C15H27NO4/c1-5-19-13(17)7-6-12-8-10-16(11-9-12)14(18)20-15(2,3)4/h12H,5-11H2,1-4H3. The van der Waals surface area contributed by atoms with Gasteiger partial charge in [-0.05, 0) is 52.9 Å². The van der Waals surface area contributed by atoms with Gasteiger partial charge in [-0.25, -0.2) is 4.79 Å². The molecule has 0 aromatic heterocycles. The minimum atomic E-state index is -0.447. The fraction of sp³-hybridized carbons (Fsp3) is 0.867. The van der Waals surface area contributed by atoms with Crippen LogP contribution in [0.15, 0.2) is 0 Å². The number of piperidine rings is 1. The highest BCUT2D eigenvalue weighted by atomic mass is 16.6. The highest BCUT2D eigenvalue weighted by molar-refractivity contribution is 5.69. The quantitative estimate of drug-likeness (QED) is 0.745. The molecule has 0 radical (unpaired) electrons. The van der Waals surface area contributed by atoms with Crippen molar-refractivity contribution in [1.82, 2.24) is 4.90 Å². The number of likely N-dealkylation sites (tertiary alicyclic amines) is 1. The van der Waals surface area contributed by atoms with E-state index in [1.54, 1.807) is 4.90 Å². The second-order valence-corrected chi connectivity index (χ2v) is 6.25. The van der Waals surface area contributed by atoms with Crippen LogP contribution in [0, 0.1) is 5.92 Å². The van der Waals surface area contributed by atoms with Crippen molar-refractivity contribution in [2.24, 2.45) is 5.92 Å². The number of carbonyl (C=O) groups excluding carboxylic acids is 2. The number of amides is 1. The van der Waals surface area contributed by atoms with E-state index in [1.165, 1.54) is 0 Å². The number of hydrogen-bond donors (Lipinski definition) is 0. The Balaban J connectivity index is 2.26. The topological polar surface area (TPSA) is 55.8 Å². The molecule has 0 aromatic carbocycles. The first kappa shape index (κ1) is 16.8. The Hall–Kier alpha value is -1.26. The maximum absolute atomic E-state index is 11.9. The van der Waals surface area contributed by atoms with Crippen LogP contribution in [0.1, 0.15) is 53.4 Å². The first-order valence-electron chi connectivity index (χ1n) is 7.45. The molecule has 1 saturated heterocycles. The summed E-state index contributed by atoms with van der Waals surface area (Å²) in [5.74, 6) is 0.375. The van der Waals surface area contributed by atoms with Gasteiger partial charge >= 0.3 is 12.1 Å². The molecule has 1 amide bonds. The molecule has 0 aromatic rings. The van der Waals surface area contributed by atoms with Crippen molar-refractivity contribution in [2.75, 3.05) is 19.7 Å². The molecule has 1 aliphatic heterocycles. The number of ether oxygens (including phenoxy) is 2. The predicted octanol–water partition coefficient (Wildman–Crippen LogP) is 2.98. The highest BCUT2D eigenvalue weighted by Gasteiger charge is 2.26. The molecule has 20 heavy (non-hydrogen) atoms. The molecule has 116 valence electrons. The Bertz CT molecular complexity index is 327. The van der Waals surface area contributed by atoms with Gasteiger partial charge in [0.05, 0.1) is 6.61 Å². The Labute approximate surface area is 121 Å². The van der Waals surface area contributed by atoms with E-state index < -0.39 is 5.60 Å². The second-order valence-electron chi connectivity index (χ2n) is 6.25. The molecule has 0 N–H and O–H groups in total. The molecular formula is C15H27NO4. The van der Waals surface area contributed by atoms with Crippen LogP contribution in [-0.2, 0) is 14.3 Å². The van der Waals surface area contributed by atoms with E-state index in [2.05, 4.69) is 0 Å². The third kappa shape index (κ3) is 6.26. The molecule has 0 unspecified atom stereocenters. The van der Waals surface area contributed by atoms with Crippen molar-refractivity contribution in [3.8, 4) is 0 Å². The Morgan fingerprint density at radius 1 is 1.20 bits per heavy atom. The monoisotopic (exact) mass is 285 g/mol. The normalized spacial score (nSPS) is 16.9. The summed E-state index contributed by atoms with van der Waals surface area (Å²) < 4.78 is 10.3. The predicted molar refractivity (Wildman–Crippen MR) is 76.4 cm³/mol. The van der Waals surface area contributed by atoms with Gasteiger partial charge in [0.15, 0.2) is 0 Å². The molecule has 1 heterocycles. The Morgan fingerprint density at radius 2 is 1.80 bits per heavy atom. The molecule has 0 spiro atoms. The lowest BCUT2D eigenvalue weighted by atomic mass is 9.92. The van der Waals surface area contributed by atoms with E-state index in [-0.39, 0.29) is 12.1 Å². The third-order valence-corrected chi connectivity index (χ3v) is 3.33. The zero-order valence-corrected chi connectivity index (χ0v) is 13.1. The number of esters is 1. The zero-order valence-electron chi connectivity index (χ0n) is 13.1. The first-order chi connectivity index (χ1) is 9.31. The van der Waals surface area contributed by atoms with E-state index in [1.807, 2.05) is 27.7 Å². The Morgan fingerprint density at radius 3 is 2.30 bits per heavy atom. The van der Waals surface area contributed by atoms with Gasteiger partial charge in [0.1, 0.15) is 5.60 Å². The van der Waals surface area contributed by atoms with E-state index in [0.29, 0.717) is 32.0 Å². The summed E-state index contributed by atoms with van der Waals surface area (Å²) in [4.78, 5) is 25.0. The van der Waals surface area contributed by atoms with E-state index in [4.69, 9.17) is 9.47 Å². The fourth-order valence-corrected chi connectivity index (χ4v) is 2.29. The molecule has 1 fully saturated rings. The van der Waals surface area contributed by atoms with Gasteiger partial charge in [-0.3, -0.25) is 4.79 Å². The summed E-state index contributed by atoms with van der Waals surface area (Å²) >= 11 is 0. The maximum Gasteiger partial charge on any atom is 0.410 e. The van der Waals surface area contributed by atoms with Crippen LogP contribution in [-0.4, -0.2) is 42.3 Å². The zero-order chi connectivity index (χ0) is 15.2. The van der Waals surface area contributed by atoms with E-state index >= 15 is 0 Å². The number of nitrogens with zero attached hydrogens (tertiary/aromatic N) is 1. The van der Waals surface area contributed by atoms with Crippen LogP contribution < -0.4 is 0 Å². The first-order valence-corrected chi connectivity index (χ1v) is 7.45. The molecule has 5 nitrogen and oxygen atoms in total. The average molecular weight is 285 g/mol. The lowest BCUT2D eigenvalue weighted by molar-refractivity contribution is -0.143. The lowest BCUT2D eigenvalue weighted by Crippen LogP contribution is -2.41. The minimum absolute atomic E-state index is 0.123. The Kier molecular flexibility index (Phi) is 6.30. The van der Waals surface area contributed by atoms with Gasteiger partial charge in [-0.2, -0.15) is 0 Å². The second kappa shape index (κ2) is 7.50. The van der Waals surface area contributed by atoms with E-state index in [9.17, 15) is 9.59 Å². The highest BCUT2D eigenvalue weighted by Crippen LogP contribution is 2.23. The molecule has 1 rings (SSSR count). The SMILES string of the molecule is CCOC(=O)CCC1CCN(C(=O)OC(C)(C)C)CC1. The van der Waals surface area contributed by atoms with Crippen LogP contribution in [0.5, 0.6) is 0 Å². The number of rotatable bonds is 4. The van der Waals surface area contributed by atoms with Crippen LogP contribution in [0.3, 0.4) is 0 Å². The van der Waals surface area contributed by atoms with Crippen molar-refractivity contribution in [2.45, 2.75) is 59.0 Å². The lowest BCUT2D eigenvalue weighted by Gasteiger charge is -2.33. The summed E-state index contributed by atoms with van der Waals surface area (Å²) in [6.07, 6.45) is 2.95. The van der Waals surface area contributed by atoms with Gasteiger partial charge in [0, 0.05) is 19.5 Å². The van der Waals surface area contributed by atoms with Crippen molar-refractivity contribution in [3.05, 3.63) is 0 Å². The molecule has 0 atom stereocenters. The summed E-state index contributed by atoms with van der Waals surface area (Å²) in [6.45, 7) is 9.29. The summed E-state index contributed by atoms with van der Waals surface area (Å²) in [5.41, 5.74) is -0.447. The van der Waals surface area contributed by atoms with Gasteiger partial charge in [-0.15, -0.1) is 0 Å². The van der Waals surface area contributed by atoms with E-state index in [0.717, 1.165) is 19.3 Å². The van der Waals surface area contributed by atoms with Crippen LogP contribution in [0.2, 0.25) is 0 Å². The average Bonchev–Trinajstić information content (AvgIpc) is 2.35. The third-order valence-electron chi connectivity index (χ3n) is 3.33. The van der Waals surface area contributed by atoms with Crippen molar-refractivity contribution in [3.63, 3.8) is 0 Å². The molecular weight excluding hydrogens is 258 g/mol. The van der Waals surface area contributed by atoms with Crippen molar-refractivity contribution < 1.29 is 19.1 Å². The fourth-order valence-electron chi connectivity index (χ4n) is 2.29. The molecule has 0 saturated carbocycles. The molecule has 0 bridgehead atoms. The summed E-state index contributed by atoms with van der Waals surface area (Å²) in [6, 6.07) is 0. The molecule has 5 heteroatoms. The number of carbonyl (C=O) groups is 2. The van der Waals surface area contributed by atoms with Crippen molar-refractivity contribution >= 4 is 12.1 Å². The van der Waals surface area contributed by atoms with Gasteiger partial charge in [-0.1, -0.05) is 0 Å². The van der Waals surface area contributed by atoms with Gasteiger partial charge < -0.3 is 14.4 Å². The number of hydrogen-bond acceptors (Lipinski definition) is 4. The van der Waals surface area contributed by atoms with Gasteiger partial charge in [0.25, 0.3) is 0 Å². The van der Waals surface area contributed by atoms with Gasteiger partial charge in [0.2, 0.25) is 0 Å². The molecule has 0 aliphatic carbocycles. The van der Waals surface area contributed by atoms with Crippen molar-refractivity contribution in [1.29, 1.82) is 0 Å². The maximum atomic E-state index is 11.9. The van der Waals surface area contributed by atoms with Crippen LogP contribution in [0.25, 0.3) is 0 Å². The molecule has 1 aliphatic rings. The smallest absolute Gasteiger partial charge is 0.410 e. The summed E-state index contributed by atoms with van der Waals surface area (Å²) in [5, 5.41) is 0. The van der Waals surface area contributed by atoms with Crippen LogP contribution >= 0.6 is 0 Å². The minimum Gasteiger partial charge on any atom is -0.466 e. The van der Waals surface area contributed by atoms with Crippen LogP contribution in [0.4, 0.5) is 4.79 Å². The summed E-state index contributed by atoms with van der Waals surface area (Å²) in [7, 11) is 0.